The van der Waals surface area contributed by atoms with Crippen molar-refractivity contribution in [3.8, 4) is 0 Å². The van der Waals surface area contributed by atoms with E-state index in [-0.39, 0.29) is 0 Å². The van der Waals surface area contributed by atoms with Crippen LogP contribution in [0.3, 0.4) is 0 Å². The van der Waals surface area contributed by atoms with Crippen LogP contribution in [0.5, 0.6) is 0 Å². The topological polar surface area (TPSA) is 15.3 Å². The smallest absolute Gasteiger partial charge is 0.0403 e. The Hall–Kier alpha value is -0.500. The first-order valence-corrected chi connectivity index (χ1v) is 3.65. The Morgan fingerprint density at radius 2 is 2.00 bits per heavy atom. The van der Waals surface area contributed by atoms with Gasteiger partial charge in [-0.15, -0.1) is 0 Å². The van der Waals surface area contributed by atoms with Gasteiger partial charge in [-0.1, -0.05) is 6.58 Å². The van der Waals surface area contributed by atoms with E-state index in [1.165, 1.54) is 0 Å². The van der Waals surface area contributed by atoms with Crippen LogP contribution in [-0.4, -0.2) is 31.1 Å². The predicted octanol–water partition coefficient (Wildman–Crippen LogP) is 1.06. The van der Waals surface area contributed by atoms with Crippen molar-refractivity contribution in [2.24, 2.45) is 0 Å². The Balaban J connectivity index is 3.80. The van der Waals surface area contributed by atoms with Crippen LogP contribution in [0.15, 0.2) is 12.8 Å². The Morgan fingerprint density at radius 1 is 1.50 bits per heavy atom. The number of nitrogens with one attached hydrogen (secondary N) is 1. The van der Waals surface area contributed by atoms with Gasteiger partial charge in [0.15, 0.2) is 0 Å². The maximum absolute atomic E-state index is 3.70. The van der Waals surface area contributed by atoms with Crippen molar-refractivity contribution in [3.05, 3.63) is 12.8 Å². The van der Waals surface area contributed by atoms with E-state index in [4.69, 9.17) is 0 Å². The van der Waals surface area contributed by atoms with Gasteiger partial charge < -0.3 is 10.2 Å². The van der Waals surface area contributed by atoms with E-state index in [0.717, 1.165) is 0 Å². The molecule has 0 aromatic carbocycles. The lowest BCUT2D eigenvalue weighted by Crippen LogP contribution is -2.41. The second-order valence-electron chi connectivity index (χ2n) is 2.67. The van der Waals surface area contributed by atoms with Crippen molar-refractivity contribution >= 4 is 0 Å². The molecule has 0 aliphatic heterocycles. The van der Waals surface area contributed by atoms with Crippen LogP contribution in [0.1, 0.15) is 13.8 Å². The van der Waals surface area contributed by atoms with Crippen molar-refractivity contribution in [3.63, 3.8) is 0 Å². The molecule has 0 aliphatic rings. The highest BCUT2D eigenvalue weighted by molar-refractivity contribution is 4.79. The molecule has 2 unspecified atom stereocenters. The average Bonchev–Trinajstić information content (AvgIpc) is 2.00. The molecule has 0 fully saturated rings. The number of hydrogen-bond donors (Lipinski definition) is 1. The van der Waals surface area contributed by atoms with Gasteiger partial charge in [0.25, 0.3) is 0 Å². The summed E-state index contributed by atoms with van der Waals surface area (Å²) in [6.45, 7) is 8.02. The van der Waals surface area contributed by atoms with E-state index in [9.17, 15) is 0 Å². The maximum Gasteiger partial charge on any atom is 0.0403 e. The second kappa shape index (κ2) is 4.34. The van der Waals surface area contributed by atoms with Crippen LogP contribution in [-0.2, 0) is 0 Å². The molecule has 0 bridgehead atoms. The molecule has 60 valence electrons. The Kier molecular flexibility index (Phi) is 4.12. The summed E-state index contributed by atoms with van der Waals surface area (Å²) in [7, 11) is 4.00. The number of hydrogen-bond acceptors (Lipinski definition) is 2. The summed E-state index contributed by atoms with van der Waals surface area (Å²) in [4.78, 5) is 2.10. The summed E-state index contributed by atoms with van der Waals surface area (Å²) < 4.78 is 0. The first-order valence-electron chi connectivity index (χ1n) is 3.65. The molecule has 0 saturated heterocycles. The summed E-state index contributed by atoms with van der Waals surface area (Å²) >= 11 is 0. The van der Waals surface area contributed by atoms with E-state index in [1.54, 1.807) is 0 Å². The van der Waals surface area contributed by atoms with Crippen LogP contribution >= 0.6 is 0 Å². The third-order valence-corrected chi connectivity index (χ3v) is 2.11. The minimum atomic E-state index is 0.502. The van der Waals surface area contributed by atoms with E-state index in [1.807, 2.05) is 20.3 Å². The highest BCUT2D eigenvalue weighted by Gasteiger charge is 2.10. The van der Waals surface area contributed by atoms with Crippen molar-refractivity contribution < 1.29 is 0 Å². The van der Waals surface area contributed by atoms with Crippen LogP contribution < -0.4 is 5.32 Å². The standard InChI is InChI=1S/C8H18N2/c1-6-10(5)8(3)7(2)9-4/h6-9H,1H2,2-5H3. The molecule has 2 nitrogen and oxygen atoms in total. The molecule has 2 atom stereocenters. The summed E-state index contributed by atoms with van der Waals surface area (Å²) in [5, 5.41) is 3.19. The molecule has 0 spiro atoms. The lowest BCUT2D eigenvalue weighted by atomic mass is 10.1. The fraction of sp³-hybridized carbons (Fsp3) is 0.750. The van der Waals surface area contributed by atoms with E-state index in [2.05, 4.69) is 30.6 Å². The van der Waals surface area contributed by atoms with Crippen molar-refractivity contribution in [1.82, 2.24) is 10.2 Å². The molecule has 1 N–H and O–H groups in total. The number of likely N-dealkylation sites (N-methyl/N-ethyl adjacent to an activating group) is 2. The van der Waals surface area contributed by atoms with Crippen LogP contribution in [0.25, 0.3) is 0 Å². The van der Waals surface area contributed by atoms with E-state index >= 15 is 0 Å². The SMILES string of the molecule is C=CN(C)C(C)C(C)NC. The molecule has 0 aromatic heterocycles. The van der Waals surface area contributed by atoms with Crippen LogP contribution in [0, 0.1) is 0 Å². The number of rotatable bonds is 4. The zero-order valence-corrected chi connectivity index (χ0v) is 7.39. The fourth-order valence-corrected chi connectivity index (χ4v) is 0.760. The molecule has 0 radical (unpaired) electrons. The Labute approximate surface area is 63.9 Å². The second-order valence-corrected chi connectivity index (χ2v) is 2.67. The van der Waals surface area contributed by atoms with Gasteiger partial charge >= 0.3 is 0 Å². The maximum atomic E-state index is 3.70. The molecule has 10 heavy (non-hydrogen) atoms. The molecule has 0 rings (SSSR count). The van der Waals surface area contributed by atoms with E-state index < -0.39 is 0 Å². The lowest BCUT2D eigenvalue weighted by Gasteiger charge is -2.27. The van der Waals surface area contributed by atoms with Crippen molar-refractivity contribution in [2.45, 2.75) is 25.9 Å². The van der Waals surface area contributed by atoms with Gasteiger partial charge in [-0.25, -0.2) is 0 Å². The summed E-state index contributed by atoms with van der Waals surface area (Å²) in [6, 6.07) is 1.01. The van der Waals surface area contributed by atoms with E-state index in [0.29, 0.717) is 12.1 Å². The lowest BCUT2D eigenvalue weighted by molar-refractivity contribution is 0.292. The molecule has 0 saturated carbocycles. The first kappa shape index (κ1) is 9.50. The zero-order valence-electron chi connectivity index (χ0n) is 7.39. The minimum Gasteiger partial charge on any atom is -0.377 e. The van der Waals surface area contributed by atoms with Gasteiger partial charge in [0, 0.05) is 19.1 Å². The van der Waals surface area contributed by atoms with Gasteiger partial charge in [0.2, 0.25) is 0 Å². The van der Waals surface area contributed by atoms with Gasteiger partial charge in [-0.2, -0.15) is 0 Å². The summed E-state index contributed by atoms with van der Waals surface area (Å²) in [6.07, 6.45) is 1.85. The molecule has 0 aliphatic carbocycles. The third-order valence-electron chi connectivity index (χ3n) is 2.11. The Bertz CT molecular complexity index is 101. The molecule has 0 aromatic rings. The van der Waals surface area contributed by atoms with Gasteiger partial charge in [-0.3, -0.25) is 0 Å². The number of nitrogens with zero attached hydrogens (tertiary/aromatic N) is 1. The quantitative estimate of drug-likeness (QED) is 0.631. The van der Waals surface area contributed by atoms with Crippen molar-refractivity contribution in [1.29, 1.82) is 0 Å². The van der Waals surface area contributed by atoms with Gasteiger partial charge in [-0.05, 0) is 27.1 Å². The summed E-state index contributed by atoms with van der Waals surface area (Å²) in [5.74, 6) is 0. The average molecular weight is 142 g/mol. The monoisotopic (exact) mass is 142 g/mol. The van der Waals surface area contributed by atoms with Crippen LogP contribution in [0.4, 0.5) is 0 Å². The zero-order chi connectivity index (χ0) is 8.15. The highest BCUT2D eigenvalue weighted by Crippen LogP contribution is 1.99. The fourth-order valence-electron chi connectivity index (χ4n) is 0.760. The molecule has 0 heterocycles. The molecular formula is C8H18N2. The summed E-state index contributed by atoms with van der Waals surface area (Å²) in [5.41, 5.74) is 0. The van der Waals surface area contributed by atoms with Crippen molar-refractivity contribution in [2.75, 3.05) is 14.1 Å². The highest BCUT2D eigenvalue weighted by atomic mass is 15.1. The van der Waals surface area contributed by atoms with Gasteiger partial charge in [0.1, 0.15) is 0 Å². The molecular weight excluding hydrogens is 124 g/mol. The normalized spacial score (nSPS) is 16.0. The molecule has 2 heteroatoms. The third kappa shape index (κ3) is 2.40. The van der Waals surface area contributed by atoms with Crippen LogP contribution in [0.2, 0.25) is 0 Å². The minimum absolute atomic E-state index is 0.502. The van der Waals surface area contributed by atoms with Gasteiger partial charge in [0.05, 0.1) is 0 Å². The molecule has 0 amide bonds. The first-order chi connectivity index (χ1) is 4.63. The Morgan fingerprint density at radius 3 is 2.30 bits per heavy atom. The largest absolute Gasteiger partial charge is 0.377 e. The predicted molar refractivity (Wildman–Crippen MR) is 45.9 cm³/mol.